The van der Waals surface area contributed by atoms with Gasteiger partial charge in [-0.3, -0.25) is 4.79 Å². The second-order valence-corrected chi connectivity index (χ2v) is 6.67. The summed E-state index contributed by atoms with van der Waals surface area (Å²) in [5.41, 5.74) is 0.701. The van der Waals surface area contributed by atoms with Crippen LogP contribution in [0.5, 0.6) is 5.75 Å². The van der Waals surface area contributed by atoms with Crippen molar-refractivity contribution in [2.45, 2.75) is 32.6 Å². The minimum Gasteiger partial charge on any atom is -0.493 e. The van der Waals surface area contributed by atoms with Gasteiger partial charge in [-0.2, -0.15) is 0 Å². The van der Waals surface area contributed by atoms with Gasteiger partial charge in [-0.05, 0) is 63.7 Å². The Morgan fingerprint density at radius 2 is 1.83 bits per heavy atom. The van der Waals surface area contributed by atoms with Crippen LogP contribution < -0.4 is 4.74 Å². The molecule has 126 valence electrons. The van der Waals surface area contributed by atoms with Gasteiger partial charge in [-0.1, -0.05) is 12.1 Å². The molecule has 3 rings (SSSR count). The van der Waals surface area contributed by atoms with Crippen molar-refractivity contribution in [2.75, 3.05) is 39.3 Å². The van der Waals surface area contributed by atoms with E-state index in [1.165, 1.54) is 32.5 Å². The maximum absolute atomic E-state index is 12.8. The van der Waals surface area contributed by atoms with Crippen LogP contribution in [0.4, 0.5) is 0 Å². The first-order chi connectivity index (χ1) is 11.3. The number of nitrogens with zero attached hydrogens (tertiary/aromatic N) is 2. The lowest BCUT2D eigenvalue weighted by Crippen LogP contribution is -2.41. The van der Waals surface area contributed by atoms with Crippen LogP contribution in [0.25, 0.3) is 0 Å². The van der Waals surface area contributed by atoms with Crippen molar-refractivity contribution in [3.8, 4) is 5.75 Å². The third-order valence-corrected chi connectivity index (χ3v) is 5.03. The van der Waals surface area contributed by atoms with E-state index < -0.39 is 0 Å². The minimum absolute atomic E-state index is 0.119. The lowest BCUT2D eigenvalue weighted by atomic mass is 9.95. The van der Waals surface area contributed by atoms with Crippen LogP contribution in [-0.4, -0.2) is 55.0 Å². The predicted octanol–water partition coefficient (Wildman–Crippen LogP) is 3.03. The van der Waals surface area contributed by atoms with Gasteiger partial charge in [0, 0.05) is 19.6 Å². The molecule has 1 amide bonds. The molecule has 2 fully saturated rings. The SMILES string of the molecule is CCOc1ccccc1C(=O)N1CCC(CN2CCCC2)CC1. The monoisotopic (exact) mass is 316 g/mol. The standard InChI is InChI=1S/C19H28N2O2/c1-2-23-18-8-4-3-7-17(18)19(22)21-13-9-16(10-14-21)15-20-11-5-6-12-20/h3-4,7-8,16H,2,5-6,9-15H2,1H3. The summed E-state index contributed by atoms with van der Waals surface area (Å²) in [6.45, 7) is 8.03. The van der Waals surface area contributed by atoms with Crippen molar-refractivity contribution < 1.29 is 9.53 Å². The van der Waals surface area contributed by atoms with Gasteiger partial charge >= 0.3 is 0 Å². The molecule has 0 unspecified atom stereocenters. The summed E-state index contributed by atoms with van der Waals surface area (Å²) in [6, 6.07) is 7.60. The highest BCUT2D eigenvalue weighted by atomic mass is 16.5. The Labute approximate surface area is 139 Å². The molecule has 4 heteroatoms. The van der Waals surface area contributed by atoms with E-state index in [1.807, 2.05) is 36.1 Å². The van der Waals surface area contributed by atoms with E-state index in [9.17, 15) is 4.79 Å². The van der Waals surface area contributed by atoms with Crippen molar-refractivity contribution in [1.82, 2.24) is 9.80 Å². The summed E-state index contributed by atoms with van der Waals surface area (Å²) in [4.78, 5) is 17.4. The zero-order chi connectivity index (χ0) is 16.1. The number of piperidine rings is 1. The van der Waals surface area contributed by atoms with E-state index in [2.05, 4.69) is 4.90 Å². The third-order valence-electron chi connectivity index (χ3n) is 5.03. The van der Waals surface area contributed by atoms with Gasteiger partial charge in [0.05, 0.1) is 12.2 Å². The fourth-order valence-electron chi connectivity index (χ4n) is 3.74. The second kappa shape index (κ2) is 7.82. The Balaban J connectivity index is 1.55. The van der Waals surface area contributed by atoms with Gasteiger partial charge in [0.1, 0.15) is 5.75 Å². The highest BCUT2D eigenvalue weighted by Crippen LogP contribution is 2.25. The van der Waals surface area contributed by atoms with Gasteiger partial charge in [0.2, 0.25) is 0 Å². The Morgan fingerprint density at radius 1 is 1.13 bits per heavy atom. The lowest BCUT2D eigenvalue weighted by Gasteiger charge is -2.34. The van der Waals surface area contributed by atoms with Crippen LogP contribution in [0, 0.1) is 5.92 Å². The largest absolute Gasteiger partial charge is 0.493 e. The Morgan fingerprint density at radius 3 is 2.52 bits per heavy atom. The second-order valence-electron chi connectivity index (χ2n) is 6.67. The molecule has 1 aromatic rings. The molecule has 2 aliphatic heterocycles. The molecule has 0 saturated carbocycles. The first-order valence-corrected chi connectivity index (χ1v) is 9.01. The number of hydrogen-bond acceptors (Lipinski definition) is 3. The molecule has 0 aromatic heterocycles. The highest BCUT2D eigenvalue weighted by molar-refractivity contribution is 5.97. The van der Waals surface area contributed by atoms with Crippen molar-refractivity contribution in [3.63, 3.8) is 0 Å². The van der Waals surface area contributed by atoms with Crippen molar-refractivity contribution in [1.29, 1.82) is 0 Å². The van der Waals surface area contributed by atoms with Gasteiger partial charge < -0.3 is 14.5 Å². The van der Waals surface area contributed by atoms with Crippen LogP contribution in [0.3, 0.4) is 0 Å². The van der Waals surface area contributed by atoms with Crippen LogP contribution in [0.15, 0.2) is 24.3 Å². The molecular weight excluding hydrogens is 288 g/mol. The summed E-state index contributed by atoms with van der Waals surface area (Å²) in [5.74, 6) is 1.58. The first kappa shape index (κ1) is 16.3. The normalized spacial score (nSPS) is 20.0. The molecule has 0 spiro atoms. The highest BCUT2D eigenvalue weighted by Gasteiger charge is 2.27. The maximum atomic E-state index is 12.8. The van der Waals surface area contributed by atoms with E-state index in [0.717, 1.165) is 31.8 Å². The fourth-order valence-corrected chi connectivity index (χ4v) is 3.74. The van der Waals surface area contributed by atoms with Crippen LogP contribution in [-0.2, 0) is 0 Å². The smallest absolute Gasteiger partial charge is 0.257 e. The fraction of sp³-hybridized carbons (Fsp3) is 0.632. The van der Waals surface area contributed by atoms with Crippen molar-refractivity contribution in [3.05, 3.63) is 29.8 Å². The number of likely N-dealkylation sites (tertiary alicyclic amines) is 2. The number of para-hydroxylation sites is 1. The molecule has 0 atom stereocenters. The molecular formula is C19H28N2O2. The van der Waals surface area contributed by atoms with Gasteiger partial charge in [-0.25, -0.2) is 0 Å². The quantitative estimate of drug-likeness (QED) is 0.837. The van der Waals surface area contributed by atoms with E-state index >= 15 is 0 Å². The molecule has 0 bridgehead atoms. The summed E-state index contributed by atoms with van der Waals surface area (Å²) in [6.07, 6.45) is 4.95. The maximum Gasteiger partial charge on any atom is 0.257 e. The summed E-state index contributed by atoms with van der Waals surface area (Å²) >= 11 is 0. The number of hydrogen-bond donors (Lipinski definition) is 0. The summed E-state index contributed by atoms with van der Waals surface area (Å²) in [5, 5.41) is 0. The molecule has 4 nitrogen and oxygen atoms in total. The Kier molecular flexibility index (Phi) is 5.55. The topological polar surface area (TPSA) is 32.8 Å². The van der Waals surface area contributed by atoms with E-state index in [0.29, 0.717) is 17.9 Å². The molecule has 2 aliphatic rings. The third kappa shape index (κ3) is 4.05. The van der Waals surface area contributed by atoms with Crippen LogP contribution in [0.2, 0.25) is 0 Å². The van der Waals surface area contributed by atoms with Crippen LogP contribution in [0.1, 0.15) is 43.0 Å². The summed E-state index contributed by atoms with van der Waals surface area (Å²) in [7, 11) is 0. The number of rotatable bonds is 5. The molecule has 0 N–H and O–H groups in total. The molecule has 2 saturated heterocycles. The van der Waals surface area contributed by atoms with Gasteiger partial charge in [0.15, 0.2) is 0 Å². The predicted molar refractivity (Wildman–Crippen MR) is 91.9 cm³/mol. The number of amides is 1. The first-order valence-electron chi connectivity index (χ1n) is 9.01. The van der Waals surface area contributed by atoms with Crippen molar-refractivity contribution >= 4 is 5.91 Å². The zero-order valence-corrected chi connectivity index (χ0v) is 14.2. The molecule has 0 radical (unpaired) electrons. The number of carbonyl (C=O) groups is 1. The Hall–Kier alpha value is -1.55. The average Bonchev–Trinajstić information content (AvgIpc) is 3.09. The molecule has 0 aliphatic carbocycles. The molecule has 1 aromatic carbocycles. The van der Waals surface area contributed by atoms with E-state index in [4.69, 9.17) is 4.74 Å². The van der Waals surface area contributed by atoms with Crippen molar-refractivity contribution in [2.24, 2.45) is 5.92 Å². The lowest BCUT2D eigenvalue weighted by molar-refractivity contribution is 0.0669. The minimum atomic E-state index is 0.119. The van der Waals surface area contributed by atoms with E-state index in [-0.39, 0.29) is 5.91 Å². The number of carbonyl (C=O) groups excluding carboxylic acids is 1. The van der Waals surface area contributed by atoms with Crippen LogP contribution >= 0.6 is 0 Å². The molecule has 23 heavy (non-hydrogen) atoms. The zero-order valence-electron chi connectivity index (χ0n) is 14.2. The van der Waals surface area contributed by atoms with Gasteiger partial charge in [-0.15, -0.1) is 0 Å². The number of ether oxygens (including phenoxy) is 1. The Bertz CT molecular complexity index is 518. The van der Waals surface area contributed by atoms with E-state index in [1.54, 1.807) is 0 Å². The summed E-state index contributed by atoms with van der Waals surface area (Å²) < 4.78 is 5.60. The number of benzene rings is 1. The average molecular weight is 316 g/mol. The molecule has 2 heterocycles. The van der Waals surface area contributed by atoms with Gasteiger partial charge in [0.25, 0.3) is 5.91 Å².